The molecule has 0 atom stereocenters. The van der Waals surface area contributed by atoms with E-state index in [0.29, 0.717) is 0 Å². The van der Waals surface area contributed by atoms with Crippen molar-refractivity contribution in [2.75, 3.05) is 0 Å². The van der Waals surface area contributed by atoms with E-state index in [2.05, 4.69) is 54.3 Å². The Morgan fingerprint density at radius 2 is 1.76 bits per heavy atom. The second-order valence-electron chi connectivity index (χ2n) is 6.05. The molecule has 114 valence electrons. The van der Waals surface area contributed by atoms with Crippen molar-refractivity contribution in [1.29, 1.82) is 0 Å². The van der Waals surface area contributed by atoms with Crippen molar-refractivity contribution < 1.29 is 0 Å². The Balaban J connectivity index is 2.02. The van der Waals surface area contributed by atoms with Crippen LogP contribution in [0.3, 0.4) is 0 Å². The molecule has 3 aromatic carbocycles. The van der Waals surface area contributed by atoms with Crippen molar-refractivity contribution in [2.24, 2.45) is 0 Å². The normalized spacial score (nSPS) is 14.1. The first-order valence-corrected chi connectivity index (χ1v) is 9.35. The van der Waals surface area contributed by atoms with Crippen molar-refractivity contribution in [1.82, 2.24) is 0 Å². The van der Waals surface area contributed by atoms with Crippen LogP contribution in [-0.4, -0.2) is 14.3 Å². The number of hydrogen-bond donors (Lipinski definition) is 0. The fraction of sp³-hybridized carbons (Fsp3) is 0.0417. The monoisotopic (exact) mass is 330 g/mol. The topological polar surface area (TPSA) is 0 Å². The summed E-state index contributed by atoms with van der Waals surface area (Å²) in [6, 6.07) is 18.6. The highest BCUT2D eigenvalue weighted by atomic mass is 28.2. The van der Waals surface area contributed by atoms with Gasteiger partial charge < -0.3 is 0 Å². The summed E-state index contributed by atoms with van der Waals surface area (Å²) in [6.07, 6.45) is 20.6. The maximum absolute atomic E-state index is 7.86. The molecule has 0 saturated carbocycles. The van der Waals surface area contributed by atoms with E-state index in [0.717, 1.165) is 33.9 Å². The quantitative estimate of drug-likeness (QED) is 0.475. The van der Waals surface area contributed by atoms with Crippen molar-refractivity contribution in [3.8, 4) is 11.8 Å². The van der Waals surface area contributed by atoms with Gasteiger partial charge in [0.05, 0.1) is 0 Å². The smallest absolute Gasteiger partial charge is 0.0393 e. The van der Waals surface area contributed by atoms with Gasteiger partial charge in [-0.1, -0.05) is 66.5 Å². The van der Waals surface area contributed by atoms with E-state index in [9.17, 15) is 0 Å². The molecule has 1 heteroatoms. The first kappa shape index (κ1) is 15.4. The number of benzene rings is 3. The Labute approximate surface area is 150 Å². The summed E-state index contributed by atoms with van der Waals surface area (Å²) >= 11 is 0. The van der Waals surface area contributed by atoms with Crippen LogP contribution in [0.4, 0.5) is 0 Å². The average Bonchev–Trinajstić information content (AvgIpc) is 2.67. The first-order valence-electron chi connectivity index (χ1n) is 8.19. The van der Waals surface area contributed by atoms with E-state index >= 15 is 0 Å². The number of allylic oxidation sites excluding steroid dienone is 2. The average molecular weight is 330 g/mol. The van der Waals surface area contributed by atoms with Crippen LogP contribution >= 0.6 is 0 Å². The largest absolute Gasteiger partial charge is 0.0799 e. The molecule has 2 radical (unpaired) electrons. The summed E-state index contributed by atoms with van der Waals surface area (Å²) < 4.78 is 0. The van der Waals surface area contributed by atoms with Gasteiger partial charge in [-0.2, -0.15) is 0 Å². The lowest BCUT2D eigenvalue weighted by molar-refractivity contribution is 1.24. The van der Waals surface area contributed by atoms with Crippen LogP contribution in [0.1, 0.15) is 22.3 Å². The third kappa shape index (κ3) is 2.66. The van der Waals surface area contributed by atoms with Gasteiger partial charge in [-0.3, -0.25) is 0 Å². The highest BCUT2D eigenvalue weighted by molar-refractivity contribution is 6.71. The molecule has 0 spiro atoms. The molecule has 0 aliphatic heterocycles. The lowest BCUT2D eigenvalue weighted by Crippen LogP contribution is -2.19. The fourth-order valence-electron chi connectivity index (χ4n) is 3.46. The van der Waals surface area contributed by atoms with Gasteiger partial charge in [0.15, 0.2) is 0 Å². The number of rotatable bonds is 1. The Morgan fingerprint density at radius 3 is 2.52 bits per heavy atom. The standard InChI is InChI=1S/C24H14Si/c1-3-17-10-8-11-18-16-22-21(20(4-2)24(17)18)14-9-15-23(22)25-19-12-6-5-7-13-19/h5-13,15-16,25H,14H2. The third-order valence-electron chi connectivity index (χ3n) is 4.59. The van der Waals surface area contributed by atoms with Crippen molar-refractivity contribution in [2.45, 2.75) is 6.42 Å². The van der Waals surface area contributed by atoms with Crippen LogP contribution in [0.15, 0.2) is 66.7 Å². The van der Waals surface area contributed by atoms with Gasteiger partial charge in [0, 0.05) is 25.6 Å². The maximum Gasteiger partial charge on any atom is 0.0393 e. The van der Waals surface area contributed by atoms with Crippen LogP contribution in [0.2, 0.25) is 0 Å². The Bertz CT molecular complexity index is 1120. The van der Waals surface area contributed by atoms with Crippen molar-refractivity contribution in [3.63, 3.8) is 0 Å². The zero-order valence-electron chi connectivity index (χ0n) is 13.6. The predicted molar refractivity (Wildman–Crippen MR) is 107 cm³/mol. The molecule has 0 nitrogen and oxygen atoms in total. The van der Waals surface area contributed by atoms with Gasteiger partial charge in [-0.25, -0.2) is 0 Å². The van der Waals surface area contributed by atoms with Crippen LogP contribution in [-0.2, 0) is 6.42 Å². The van der Waals surface area contributed by atoms with E-state index in [4.69, 9.17) is 12.8 Å². The van der Waals surface area contributed by atoms with Crippen molar-refractivity contribution in [3.05, 3.63) is 102 Å². The fourth-order valence-corrected chi connectivity index (χ4v) is 4.88. The van der Waals surface area contributed by atoms with Crippen LogP contribution in [0, 0.1) is 24.7 Å². The second-order valence-corrected chi connectivity index (χ2v) is 7.63. The summed E-state index contributed by atoms with van der Waals surface area (Å²) in [5.74, 6) is 5.16. The van der Waals surface area contributed by atoms with E-state index in [1.165, 1.54) is 15.9 Å². The molecule has 0 amide bonds. The Morgan fingerprint density at radius 1 is 0.920 bits per heavy atom. The summed E-state index contributed by atoms with van der Waals surface area (Å²) in [4.78, 5) is 0. The van der Waals surface area contributed by atoms with Crippen LogP contribution in [0.25, 0.3) is 10.8 Å². The molecule has 0 fully saturated rings. The molecule has 0 saturated heterocycles. The molecule has 0 unspecified atom stereocenters. The summed E-state index contributed by atoms with van der Waals surface area (Å²) in [6.45, 7) is 0. The van der Waals surface area contributed by atoms with Crippen molar-refractivity contribution >= 4 is 30.3 Å². The third-order valence-corrected chi connectivity index (χ3v) is 6.12. The molecule has 25 heavy (non-hydrogen) atoms. The molecule has 0 bridgehead atoms. The lowest BCUT2D eigenvalue weighted by Gasteiger charge is -2.19. The van der Waals surface area contributed by atoms with Crippen LogP contribution in [0.5, 0.6) is 0 Å². The highest BCUT2D eigenvalue weighted by Gasteiger charge is 2.17. The molecular formula is C24H14Si. The first-order chi connectivity index (χ1) is 12.3. The minimum atomic E-state index is -0.00361. The van der Waals surface area contributed by atoms with Gasteiger partial charge >= 0.3 is 0 Å². The minimum Gasteiger partial charge on any atom is -0.0799 e. The molecule has 0 heterocycles. The molecule has 4 rings (SSSR count). The predicted octanol–water partition coefficient (Wildman–Crippen LogP) is 3.11. The highest BCUT2D eigenvalue weighted by Crippen LogP contribution is 2.31. The number of hydrogen-bond acceptors (Lipinski definition) is 0. The summed E-state index contributed by atoms with van der Waals surface area (Å²) in [5, 5.41) is 4.66. The van der Waals surface area contributed by atoms with Gasteiger partial charge in [0.25, 0.3) is 0 Å². The SMILES string of the molecule is [C]#Cc1cccc2cc3c(c(C#[C])c12)CC=CC3=[SiH]c1ccccc1. The maximum atomic E-state index is 7.86. The minimum absolute atomic E-state index is 0.00361. The van der Waals surface area contributed by atoms with E-state index < -0.39 is 0 Å². The van der Waals surface area contributed by atoms with Gasteiger partial charge in [0.2, 0.25) is 0 Å². The molecule has 3 aromatic rings. The number of fused-ring (bicyclic) bond motifs is 2. The van der Waals surface area contributed by atoms with E-state index in [1.54, 1.807) is 0 Å². The Kier molecular flexibility index (Phi) is 3.94. The van der Waals surface area contributed by atoms with Crippen LogP contribution < -0.4 is 5.19 Å². The molecule has 0 aromatic heterocycles. The van der Waals surface area contributed by atoms with Gasteiger partial charge in [0.1, 0.15) is 0 Å². The van der Waals surface area contributed by atoms with Gasteiger partial charge in [-0.15, -0.1) is 0 Å². The van der Waals surface area contributed by atoms with E-state index in [-0.39, 0.29) is 9.13 Å². The summed E-state index contributed by atoms with van der Waals surface area (Å²) in [7, 11) is -0.00361. The Hall–Kier alpha value is -3.13. The zero-order chi connectivity index (χ0) is 17.2. The molecule has 1 aliphatic carbocycles. The molecule has 1 aliphatic rings. The second kappa shape index (κ2) is 6.40. The van der Waals surface area contributed by atoms with Gasteiger partial charge in [-0.05, 0) is 58.3 Å². The molecular weight excluding hydrogens is 316 g/mol. The summed E-state index contributed by atoms with van der Waals surface area (Å²) in [5.41, 5.74) is 3.90. The molecule has 0 N–H and O–H groups in total. The van der Waals surface area contributed by atoms with E-state index in [1.807, 2.05) is 24.3 Å². The zero-order valence-corrected chi connectivity index (χ0v) is 14.8. The lowest BCUT2D eigenvalue weighted by atomic mass is 9.86.